The van der Waals surface area contributed by atoms with Crippen molar-refractivity contribution in [1.29, 1.82) is 0 Å². The summed E-state index contributed by atoms with van der Waals surface area (Å²) in [6.45, 7) is 18.5. The van der Waals surface area contributed by atoms with Crippen LogP contribution in [-0.4, -0.2) is 71.7 Å². The van der Waals surface area contributed by atoms with Crippen molar-refractivity contribution in [2.45, 2.75) is 24.7 Å². The molecule has 432 valence electrons. The Kier molecular flexibility index (Phi) is 23.0. The highest BCUT2D eigenvalue weighted by Crippen LogP contribution is 2.50. The molecule has 3 amide bonds. The van der Waals surface area contributed by atoms with E-state index in [2.05, 4.69) is 62.7 Å². The Hall–Kier alpha value is -5.74. The van der Waals surface area contributed by atoms with Crippen molar-refractivity contribution in [2.75, 3.05) is 39.3 Å². The summed E-state index contributed by atoms with van der Waals surface area (Å²) >= 11 is 55.9. The SMILES string of the molecule is C=CCN(CC=C)C(=O)/C=C/C(=C/c1ccc(Cl)cc1)c1ccc(Cl)cc1Cl.C=CCN1C[C@H]2C[C@@H](c3ccc(Cl)cc3)C(c3ccc(Cl)cc3Cl)=C[C@H]2C1=O.C=CCN1C[C@H]2C[C@H](c3ccc(Cl)cc3)C(c3ccc(Cl)cc3Cl)=C[C@@H]2C1=O. The maximum atomic E-state index is 12.9. The van der Waals surface area contributed by atoms with Crippen LogP contribution >= 0.6 is 104 Å². The van der Waals surface area contributed by atoms with E-state index in [1.54, 1.807) is 71.7 Å². The molecule has 0 spiro atoms. The Morgan fingerprint density at radius 2 is 0.881 bits per heavy atom. The fourth-order valence-corrected chi connectivity index (χ4v) is 13.2. The number of amides is 3. The maximum absolute atomic E-state index is 12.9. The van der Waals surface area contributed by atoms with E-state index in [-0.39, 0.29) is 53.2 Å². The number of hydrogen-bond donors (Lipinski definition) is 0. The van der Waals surface area contributed by atoms with Crippen LogP contribution in [0.3, 0.4) is 0 Å². The lowest BCUT2D eigenvalue weighted by molar-refractivity contribution is -0.130. The first-order valence-electron chi connectivity index (χ1n) is 27.2. The summed E-state index contributed by atoms with van der Waals surface area (Å²) in [4.78, 5) is 43.7. The molecular weight excluding hydrogens is 1240 g/mol. The number of likely N-dealkylation sites (tertiary alicyclic amines) is 2. The molecule has 10 rings (SSSR count). The molecule has 0 N–H and O–H groups in total. The predicted molar refractivity (Wildman–Crippen MR) is 356 cm³/mol. The van der Waals surface area contributed by atoms with E-state index in [0.29, 0.717) is 71.4 Å². The molecular formula is C69H60Cl9N3O3. The van der Waals surface area contributed by atoms with Crippen molar-refractivity contribution in [3.8, 4) is 0 Å². The second-order valence-electron chi connectivity index (χ2n) is 20.7. The number of nitrogens with zero attached hydrogens (tertiary/aromatic N) is 3. The molecule has 2 fully saturated rings. The van der Waals surface area contributed by atoms with Crippen LogP contribution in [0.4, 0.5) is 0 Å². The zero-order valence-electron chi connectivity index (χ0n) is 45.7. The summed E-state index contributed by atoms with van der Waals surface area (Å²) < 4.78 is 0. The number of halogens is 9. The third-order valence-electron chi connectivity index (χ3n) is 15.2. The summed E-state index contributed by atoms with van der Waals surface area (Å²) in [7, 11) is 0. The number of carbonyl (C=O) groups is 3. The monoisotopic (exact) mass is 1290 g/mol. The van der Waals surface area contributed by atoms with Crippen LogP contribution in [0.15, 0.2) is 202 Å². The van der Waals surface area contributed by atoms with Crippen LogP contribution in [0.25, 0.3) is 22.8 Å². The van der Waals surface area contributed by atoms with Gasteiger partial charge in [0.2, 0.25) is 17.7 Å². The zero-order valence-corrected chi connectivity index (χ0v) is 52.5. The number of allylic oxidation sites excluding steroid dienone is 4. The summed E-state index contributed by atoms with van der Waals surface area (Å²) in [5, 5.41) is 5.51. The Morgan fingerprint density at radius 1 is 0.488 bits per heavy atom. The molecule has 0 bridgehead atoms. The smallest absolute Gasteiger partial charge is 0.247 e. The van der Waals surface area contributed by atoms with Gasteiger partial charge in [0.25, 0.3) is 0 Å². The highest BCUT2D eigenvalue weighted by molar-refractivity contribution is 6.37. The molecule has 4 aliphatic rings. The quantitative estimate of drug-likeness (QED) is 0.0420. The number of hydrogen-bond acceptors (Lipinski definition) is 3. The van der Waals surface area contributed by atoms with Crippen LogP contribution in [0, 0.1) is 23.7 Å². The Balaban J connectivity index is 0.000000164. The lowest BCUT2D eigenvalue weighted by atomic mass is 9.71. The molecule has 0 unspecified atom stereocenters. The second-order valence-corrected chi connectivity index (χ2v) is 24.6. The number of carbonyl (C=O) groups excluding carboxylic acids is 3. The molecule has 0 aromatic heterocycles. The highest BCUT2D eigenvalue weighted by atomic mass is 35.5. The van der Waals surface area contributed by atoms with Crippen molar-refractivity contribution in [3.63, 3.8) is 0 Å². The summed E-state index contributed by atoms with van der Waals surface area (Å²) in [6, 6.07) is 39.6. The molecule has 2 aliphatic carbocycles. The molecule has 6 aromatic carbocycles. The van der Waals surface area contributed by atoms with E-state index < -0.39 is 0 Å². The van der Waals surface area contributed by atoms with Gasteiger partial charge in [-0.15, -0.1) is 26.3 Å². The van der Waals surface area contributed by atoms with E-state index in [1.807, 2.05) is 82.6 Å². The second kappa shape index (κ2) is 30.1. The average Bonchev–Trinajstić information content (AvgIpc) is 1.88. The fraction of sp³-hybridized carbons (Fsp3) is 0.203. The van der Waals surface area contributed by atoms with Crippen molar-refractivity contribution in [1.82, 2.24) is 14.7 Å². The van der Waals surface area contributed by atoms with Crippen LogP contribution in [0.1, 0.15) is 58.1 Å². The lowest BCUT2D eigenvalue weighted by Crippen LogP contribution is -2.29. The minimum Gasteiger partial charge on any atom is -0.338 e. The first-order chi connectivity index (χ1) is 40.4. The van der Waals surface area contributed by atoms with Crippen molar-refractivity contribution >= 4 is 145 Å². The van der Waals surface area contributed by atoms with Crippen molar-refractivity contribution in [3.05, 3.63) is 281 Å². The van der Waals surface area contributed by atoms with Gasteiger partial charge in [-0.25, -0.2) is 0 Å². The Bertz CT molecular complexity index is 3390. The lowest BCUT2D eigenvalue weighted by Gasteiger charge is -2.31. The zero-order chi connectivity index (χ0) is 60.2. The van der Waals surface area contributed by atoms with Gasteiger partial charge in [0.15, 0.2) is 0 Å². The molecule has 2 heterocycles. The Labute approximate surface area is 538 Å². The number of benzene rings is 6. The maximum Gasteiger partial charge on any atom is 0.247 e. The number of rotatable bonds is 16. The molecule has 2 aliphatic heterocycles. The van der Waals surface area contributed by atoms with Crippen molar-refractivity contribution in [2.24, 2.45) is 23.7 Å². The molecule has 6 nitrogen and oxygen atoms in total. The van der Waals surface area contributed by atoms with Gasteiger partial charge in [0.05, 0.1) is 11.8 Å². The first-order valence-corrected chi connectivity index (χ1v) is 30.6. The normalized spacial score (nSPS) is 19.9. The predicted octanol–water partition coefficient (Wildman–Crippen LogP) is 19.9. The highest BCUT2D eigenvalue weighted by Gasteiger charge is 2.45. The molecule has 0 radical (unpaired) electrons. The fourth-order valence-electron chi connectivity index (χ4n) is 11.3. The van der Waals surface area contributed by atoms with Crippen LogP contribution in [-0.2, 0) is 14.4 Å². The van der Waals surface area contributed by atoms with E-state index in [4.69, 9.17) is 104 Å². The molecule has 84 heavy (non-hydrogen) atoms. The van der Waals surface area contributed by atoms with Crippen molar-refractivity contribution < 1.29 is 14.4 Å². The largest absolute Gasteiger partial charge is 0.338 e. The van der Waals surface area contributed by atoms with Crippen LogP contribution in [0.2, 0.25) is 45.2 Å². The van der Waals surface area contributed by atoms with E-state index in [0.717, 1.165) is 64.9 Å². The van der Waals surface area contributed by atoms with Gasteiger partial charge in [-0.2, -0.15) is 0 Å². The van der Waals surface area contributed by atoms with E-state index >= 15 is 0 Å². The average molecular weight is 1300 g/mol. The van der Waals surface area contributed by atoms with Gasteiger partial charge < -0.3 is 14.7 Å². The van der Waals surface area contributed by atoms with E-state index in [1.165, 1.54) is 17.2 Å². The third-order valence-corrected chi connectivity index (χ3v) is 17.6. The molecule has 6 aromatic rings. The van der Waals surface area contributed by atoms with Gasteiger partial charge in [-0.1, -0.05) is 195 Å². The molecule has 2 saturated heterocycles. The first kappa shape index (κ1) is 64.3. The summed E-state index contributed by atoms with van der Waals surface area (Å²) in [6.07, 6.45) is 18.1. The minimum atomic E-state index is -0.146. The van der Waals surface area contributed by atoms with Gasteiger partial charge in [0, 0.05) is 108 Å². The van der Waals surface area contributed by atoms with Crippen LogP contribution in [0.5, 0.6) is 0 Å². The van der Waals surface area contributed by atoms with Gasteiger partial charge in [-0.3, -0.25) is 14.4 Å². The Morgan fingerprint density at radius 3 is 1.27 bits per heavy atom. The summed E-state index contributed by atoms with van der Waals surface area (Å²) in [5.74, 6) is 0.805. The van der Waals surface area contributed by atoms with Gasteiger partial charge >= 0.3 is 0 Å². The topological polar surface area (TPSA) is 60.9 Å². The molecule has 6 atom stereocenters. The number of fused-ring (bicyclic) bond motifs is 2. The van der Waals surface area contributed by atoms with E-state index in [9.17, 15) is 14.4 Å². The third kappa shape index (κ3) is 16.0. The summed E-state index contributed by atoms with van der Waals surface area (Å²) in [5.41, 5.74) is 8.84. The molecule has 15 heteroatoms. The molecule has 0 saturated carbocycles. The van der Waals surface area contributed by atoms with Gasteiger partial charge in [-0.05, 0) is 154 Å². The standard InChI is InChI=1S/3C23H20Cl3NO/c2*1-2-9-27-13-15-10-19(14-3-5-16(24)6-4-14)21(12-20(15)23(27)28)18-8-7-17(25)11-22(18)26;1-3-13-27(14-4-2)23(28)12-7-18(15-17-5-8-19(24)9-6-17)21-11-10-20(25)16-22(21)26/h2*2-8,11-12,15,19-20H,1,9-10,13H2;3-12,15-16H,1-2,13-14H2/b;;12-7+,18-15-/t15-,19+,20-;15-,19-,20+;/m11./s1. The minimum absolute atomic E-state index is 0.120. The van der Waals surface area contributed by atoms with Gasteiger partial charge in [0.1, 0.15) is 0 Å². The van der Waals surface area contributed by atoms with Crippen LogP contribution < -0.4 is 0 Å².